The Bertz CT molecular complexity index is 579. The van der Waals surface area contributed by atoms with Crippen LogP contribution in [0.25, 0.3) is 0 Å². The number of nitrogens with one attached hydrogen (secondary N) is 1. The molecule has 2 rings (SSSR count). The summed E-state index contributed by atoms with van der Waals surface area (Å²) in [6, 6.07) is 8.59. The maximum absolute atomic E-state index is 12.4. The lowest BCUT2D eigenvalue weighted by molar-refractivity contribution is -0.0511. The molecule has 0 bridgehead atoms. The molecule has 1 N–H and O–H groups in total. The third-order valence-electron chi connectivity index (χ3n) is 2.97. The molecule has 1 atom stereocenters. The number of hydrogen-bond donors (Lipinski definition) is 1. The zero-order valence-electron chi connectivity index (χ0n) is 11.7. The van der Waals surface area contributed by atoms with Crippen LogP contribution in [0, 0.1) is 0 Å². The fraction of sp³-hybridized carbons (Fsp3) is 0.267. The summed E-state index contributed by atoms with van der Waals surface area (Å²) >= 11 is 0. The van der Waals surface area contributed by atoms with Gasteiger partial charge in [-0.15, -0.1) is 0 Å². The first-order valence-corrected chi connectivity index (χ1v) is 6.39. The van der Waals surface area contributed by atoms with Crippen molar-refractivity contribution >= 4 is 5.69 Å². The molecular formula is C15H16F2N2O2. The van der Waals surface area contributed by atoms with Crippen LogP contribution >= 0.6 is 0 Å². The maximum Gasteiger partial charge on any atom is 0.387 e. The fourth-order valence-electron chi connectivity index (χ4n) is 1.94. The minimum Gasteiger partial charge on any atom is -0.493 e. The number of benzene rings is 1. The molecule has 0 aliphatic heterocycles. The van der Waals surface area contributed by atoms with Crippen LogP contribution in [-0.4, -0.2) is 18.7 Å². The average molecular weight is 294 g/mol. The number of pyridine rings is 1. The first-order chi connectivity index (χ1) is 10.1. The van der Waals surface area contributed by atoms with E-state index in [1.807, 2.05) is 19.1 Å². The van der Waals surface area contributed by atoms with E-state index < -0.39 is 6.61 Å². The van der Waals surface area contributed by atoms with Crippen molar-refractivity contribution in [2.45, 2.75) is 19.6 Å². The van der Waals surface area contributed by atoms with Crippen molar-refractivity contribution < 1.29 is 18.3 Å². The van der Waals surface area contributed by atoms with E-state index in [2.05, 4.69) is 15.0 Å². The summed E-state index contributed by atoms with van der Waals surface area (Å²) in [5.41, 5.74) is 1.70. The summed E-state index contributed by atoms with van der Waals surface area (Å²) in [7, 11) is 1.40. The van der Waals surface area contributed by atoms with Gasteiger partial charge >= 0.3 is 6.61 Å². The third-order valence-corrected chi connectivity index (χ3v) is 2.97. The van der Waals surface area contributed by atoms with E-state index in [1.54, 1.807) is 24.5 Å². The smallest absolute Gasteiger partial charge is 0.387 e. The minimum absolute atomic E-state index is 0.000529. The number of alkyl halides is 2. The van der Waals surface area contributed by atoms with Gasteiger partial charge in [-0.3, -0.25) is 4.98 Å². The number of hydrogen-bond acceptors (Lipinski definition) is 4. The average Bonchev–Trinajstić information content (AvgIpc) is 2.48. The van der Waals surface area contributed by atoms with Crippen LogP contribution in [0.3, 0.4) is 0 Å². The van der Waals surface area contributed by atoms with Gasteiger partial charge in [0.05, 0.1) is 7.11 Å². The number of nitrogens with zero attached hydrogens (tertiary/aromatic N) is 1. The van der Waals surface area contributed by atoms with Gasteiger partial charge in [0.25, 0.3) is 0 Å². The van der Waals surface area contributed by atoms with Crippen LogP contribution in [-0.2, 0) is 0 Å². The summed E-state index contributed by atoms with van der Waals surface area (Å²) in [5, 5.41) is 3.21. The predicted molar refractivity (Wildman–Crippen MR) is 75.9 cm³/mol. The topological polar surface area (TPSA) is 43.4 Å². The molecular weight excluding hydrogens is 278 g/mol. The molecule has 6 heteroatoms. The van der Waals surface area contributed by atoms with Crippen LogP contribution < -0.4 is 14.8 Å². The molecule has 1 heterocycles. The number of rotatable bonds is 6. The first-order valence-electron chi connectivity index (χ1n) is 6.39. The SMILES string of the molecule is COc1ccc(NC(C)c2ccncc2)cc1OC(F)F. The summed E-state index contributed by atoms with van der Waals surface area (Å²) in [6.07, 6.45) is 3.40. The van der Waals surface area contributed by atoms with E-state index in [0.717, 1.165) is 5.56 Å². The number of ether oxygens (including phenoxy) is 2. The highest BCUT2D eigenvalue weighted by Gasteiger charge is 2.12. The van der Waals surface area contributed by atoms with Crippen molar-refractivity contribution in [2.75, 3.05) is 12.4 Å². The Morgan fingerprint density at radius 3 is 2.43 bits per heavy atom. The molecule has 0 aliphatic carbocycles. The zero-order valence-corrected chi connectivity index (χ0v) is 11.7. The van der Waals surface area contributed by atoms with Crippen LogP contribution in [0.15, 0.2) is 42.7 Å². The van der Waals surface area contributed by atoms with E-state index >= 15 is 0 Å². The third kappa shape index (κ3) is 4.05. The number of methoxy groups -OCH3 is 1. The van der Waals surface area contributed by atoms with Crippen molar-refractivity contribution in [3.8, 4) is 11.5 Å². The second-order valence-electron chi connectivity index (χ2n) is 4.39. The standard InChI is InChI=1S/C15H16F2N2O2/c1-10(11-5-7-18-8-6-11)19-12-3-4-13(20-2)14(9-12)21-15(16)17/h3-10,15,19H,1-2H3. The fourth-order valence-corrected chi connectivity index (χ4v) is 1.94. The van der Waals surface area contributed by atoms with E-state index in [9.17, 15) is 8.78 Å². The van der Waals surface area contributed by atoms with Crippen molar-refractivity contribution in [1.29, 1.82) is 0 Å². The van der Waals surface area contributed by atoms with Gasteiger partial charge in [0.1, 0.15) is 0 Å². The van der Waals surface area contributed by atoms with Gasteiger partial charge in [-0.05, 0) is 36.8 Å². The van der Waals surface area contributed by atoms with Gasteiger partial charge in [-0.25, -0.2) is 0 Å². The molecule has 0 saturated carbocycles. The molecule has 1 aromatic heterocycles. The van der Waals surface area contributed by atoms with Crippen molar-refractivity contribution in [1.82, 2.24) is 4.98 Å². The first kappa shape index (κ1) is 15.0. The number of anilines is 1. The quantitative estimate of drug-likeness (QED) is 0.878. The molecule has 0 saturated heterocycles. The van der Waals surface area contributed by atoms with Crippen LogP contribution in [0.2, 0.25) is 0 Å². The summed E-state index contributed by atoms with van der Waals surface area (Å²) < 4.78 is 34.2. The van der Waals surface area contributed by atoms with Crippen LogP contribution in [0.4, 0.5) is 14.5 Å². The number of halogens is 2. The molecule has 0 spiro atoms. The van der Waals surface area contributed by atoms with Gasteiger partial charge in [0.2, 0.25) is 0 Å². The molecule has 0 aliphatic rings. The molecule has 21 heavy (non-hydrogen) atoms. The largest absolute Gasteiger partial charge is 0.493 e. The Kier molecular flexibility index (Phi) is 4.92. The Hall–Kier alpha value is -2.37. The Morgan fingerprint density at radius 2 is 1.81 bits per heavy atom. The molecule has 1 aromatic carbocycles. The van der Waals surface area contributed by atoms with Gasteiger partial charge in [0, 0.05) is 30.2 Å². The highest BCUT2D eigenvalue weighted by molar-refractivity contribution is 5.55. The lowest BCUT2D eigenvalue weighted by Gasteiger charge is -2.17. The van der Waals surface area contributed by atoms with Gasteiger partial charge in [-0.2, -0.15) is 8.78 Å². The Labute approximate surface area is 121 Å². The maximum atomic E-state index is 12.4. The molecule has 112 valence electrons. The van der Waals surface area contributed by atoms with Gasteiger partial charge in [-0.1, -0.05) is 0 Å². The summed E-state index contributed by atoms with van der Waals surface area (Å²) in [4.78, 5) is 3.96. The molecule has 2 aromatic rings. The van der Waals surface area contributed by atoms with Gasteiger partial charge in [0.15, 0.2) is 11.5 Å². The van der Waals surface area contributed by atoms with Crippen LogP contribution in [0.1, 0.15) is 18.5 Å². The summed E-state index contributed by atoms with van der Waals surface area (Å²) in [5.74, 6) is 0.261. The molecule has 4 nitrogen and oxygen atoms in total. The second-order valence-corrected chi connectivity index (χ2v) is 4.39. The second kappa shape index (κ2) is 6.88. The molecule has 0 amide bonds. The lowest BCUT2D eigenvalue weighted by atomic mass is 10.1. The van der Waals surface area contributed by atoms with E-state index in [4.69, 9.17) is 4.74 Å². The van der Waals surface area contributed by atoms with Crippen molar-refractivity contribution in [3.63, 3.8) is 0 Å². The number of aromatic nitrogens is 1. The monoisotopic (exact) mass is 294 g/mol. The van der Waals surface area contributed by atoms with Crippen molar-refractivity contribution in [3.05, 3.63) is 48.3 Å². The highest BCUT2D eigenvalue weighted by Crippen LogP contribution is 2.32. The summed E-state index contributed by atoms with van der Waals surface area (Å²) in [6.45, 7) is -0.931. The zero-order chi connectivity index (χ0) is 15.2. The Balaban J connectivity index is 2.16. The van der Waals surface area contributed by atoms with E-state index in [-0.39, 0.29) is 17.5 Å². The Morgan fingerprint density at radius 1 is 1.10 bits per heavy atom. The minimum atomic E-state index is -2.90. The lowest BCUT2D eigenvalue weighted by Crippen LogP contribution is -2.08. The van der Waals surface area contributed by atoms with Gasteiger partial charge < -0.3 is 14.8 Å². The molecule has 0 radical (unpaired) electrons. The van der Waals surface area contributed by atoms with Crippen molar-refractivity contribution in [2.24, 2.45) is 0 Å². The van der Waals surface area contributed by atoms with E-state index in [0.29, 0.717) is 5.69 Å². The predicted octanol–water partition coefficient (Wildman–Crippen LogP) is 3.86. The molecule has 1 unspecified atom stereocenters. The molecule has 0 fully saturated rings. The van der Waals surface area contributed by atoms with Crippen LogP contribution in [0.5, 0.6) is 11.5 Å². The highest BCUT2D eigenvalue weighted by atomic mass is 19.3. The van der Waals surface area contributed by atoms with E-state index in [1.165, 1.54) is 13.2 Å². The normalized spacial score (nSPS) is 12.0.